The Labute approximate surface area is 82.5 Å². The molecule has 0 aliphatic carbocycles. The maximum absolute atomic E-state index is 8.93. The first kappa shape index (κ1) is 10.5. The van der Waals surface area contributed by atoms with E-state index in [4.69, 9.17) is 16.7 Å². The maximum atomic E-state index is 8.93. The van der Waals surface area contributed by atoms with E-state index in [1.165, 1.54) is 0 Å². The number of aromatic nitrogens is 2. The van der Waals surface area contributed by atoms with Gasteiger partial charge in [-0.25, -0.2) is 0 Å². The Morgan fingerprint density at radius 2 is 2.46 bits per heavy atom. The SMILES string of the molecule is CNC(CO)Cn1cc(Cl)c(C)n1. The van der Waals surface area contributed by atoms with Gasteiger partial charge in [0.05, 0.1) is 23.9 Å². The molecule has 1 aromatic heterocycles. The van der Waals surface area contributed by atoms with Crippen molar-refractivity contribution in [1.82, 2.24) is 15.1 Å². The molecule has 4 nitrogen and oxygen atoms in total. The first-order valence-electron chi connectivity index (χ1n) is 4.15. The zero-order chi connectivity index (χ0) is 9.84. The number of aryl methyl sites for hydroxylation is 1. The molecule has 0 saturated carbocycles. The van der Waals surface area contributed by atoms with E-state index in [9.17, 15) is 0 Å². The van der Waals surface area contributed by atoms with E-state index in [1.807, 2.05) is 6.92 Å². The van der Waals surface area contributed by atoms with Crippen LogP contribution >= 0.6 is 11.6 Å². The van der Waals surface area contributed by atoms with E-state index in [1.54, 1.807) is 17.9 Å². The highest BCUT2D eigenvalue weighted by molar-refractivity contribution is 6.31. The molecule has 1 aromatic rings. The lowest BCUT2D eigenvalue weighted by Gasteiger charge is -2.12. The van der Waals surface area contributed by atoms with Crippen LogP contribution in [0.3, 0.4) is 0 Å². The summed E-state index contributed by atoms with van der Waals surface area (Å²) in [5, 5.41) is 16.7. The standard InChI is InChI=1S/C8H14ClN3O/c1-6-8(9)4-12(11-6)3-7(5-13)10-2/h4,7,10,13H,3,5H2,1-2H3. The quantitative estimate of drug-likeness (QED) is 0.746. The van der Waals surface area contributed by atoms with Crippen LogP contribution in [0, 0.1) is 6.92 Å². The molecule has 0 aliphatic rings. The van der Waals surface area contributed by atoms with Crippen molar-refractivity contribution in [2.75, 3.05) is 13.7 Å². The van der Waals surface area contributed by atoms with Crippen molar-refractivity contribution in [1.29, 1.82) is 0 Å². The second-order valence-corrected chi connectivity index (χ2v) is 3.36. The molecular weight excluding hydrogens is 190 g/mol. The predicted molar refractivity (Wildman–Crippen MR) is 51.9 cm³/mol. The summed E-state index contributed by atoms with van der Waals surface area (Å²) in [7, 11) is 1.80. The Bertz CT molecular complexity index is 251. The second-order valence-electron chi connectivity index (χ2n) is 2.95. The number of nitrogens with one attached hydrogen (secondary N) is 1. The summed E-state index contributed by atoms with van der Waals surface area (Å²) in [6.07, 6.45) is 1.76. The molecule has 1 atom stereocenters. The molecule has 5 heteroatoms. The van der Waals surface area contributed by atoms with Crippen molar-refractivity contribution in [3.8, 4) is 0 Å². The summed E-state index contributed by atoms with van der Waals surface area (Å²) < 4.78 is 1.73. The van der Waals surface area contributed by atoms with E-state index < -0.39 is 0 Å². The molecule has 0 aromatic carbocycles. The monoisotopic (exact) mass is 203 g/mol. The highest BCUT2D eigenvalue weighted by Crippen LogP contribution is 2.11. The molecular formula is C8H14ClN3O. The smallest absolute Gasteiger partial charge is 0.0814 e. The molecule has 1 unspecified atom stereocenters. The lowest BCUT2D eigenvalue weighted by molar-refractivity contribution is 0.232. The summed E-state index contributed by atoms with van der Waals surface area (Å²) in [6, 6.07) is 0.0235. The Morgan fingerprint density at radius 3 is 2.85 bits per heavy atom. The Kier molecular flexibility index (Phi) is 3.71. The molecule has 0 aliphatic heterocycles. The molecule has 1 heterocycles. The van der Waals surface area contributed by atoms with Crippen LogP contribution in [0.4, 0.5) is 0 Å². The molecule has 0 amide bonds. The molecule has 0 fully saturated rings. The summed E-state index contributed by atoms with van der Waals surface area (Å²) in [5.41, 5.74) is 0.814. The number of aliphatic hydroxyl groups excluding tert-OH is 1. The van der Waals surface area contributed by atoms with E-state index in [0.717, 1.165) is 5.69 Å². The van der Waals surface area contributed by atoms with Crippen LogP contribution in [-0.4, -0.2) is 34.6 Å². The third-order valence-electron chi connectivity index (χ3n) is 1.92. The van der Waals surface area contributed by atoms with Crippen LogP contribution in [-0.2, 0) is 6.54 Å². The van der Waals surface area contributed by atoms with Crippen molar-refractivity contribution in [3.05, 3.63) is 16.9 Å². The fourth-order valence-corrected chi connectivity index (χ4v) is 1.20. The zero-order valence-electron chi connectivity index (χ0n) is 7.79. The van der Waals surface area contributed by atoms with Gasteiger partial charge in [-0.15, -0.1) is 0 Å². The summed E-state index contributed by atoms with van der Waals surface area (Å²) in [4.78, 5) is 0. The van der Waals surface area contributed by atoms with Crippen molar-refractivity contribution in [2.45, 2.75) is 19.5 Å². The lowest BCUT2D eigenvalue weighted by atomic mass is 10.3. The molecule has 0 spiro atoms. The molecule has 0 radical (unpaired) electrons. The van der Waals surface area contributed by atoms with Crippen LogP contribution in [0.2, 0.25) is 5.02 Å². The minimum atomic E-state index is 0.0235. The second kappa shape index (κ2) is 4.60. The van der Waals surface area contributed by atoms with Gasteiger partial charge in [0, 0.05) is 12.2 Å². The average molecular weight is 204 g/mol. The van der Waals surface area contributed by atoms with Gasteiger partial charge >= 0.3 is 0 Å². The fourth-order valence-electron chi connectivity index (χ4n) is 1.05. The number of halogens is 1. The third kappa shape index (κ3) is 2.69. The van der Waals surface area contributed by atoms with Gasteiger partial charge < -0.3 is 10.4 Å². The number of aliphatic hydroxyl groups is 1. The van der Waals surface area contributed by atoms with Gasteiger partial charge in [-0.05, 0) is 14.0 Å². The van der Waals surface area contributed by atoms with Gasteiger partial charge in [0.1, 0.15) is 0 Å². The molecule has 0 saturated heterocycles. The third-order valence-corrected chi connectivity index (χ3v) is 2.29. The van der Waals surface area contributed by atoms with E-state index in [2.05, 4.69) is 10.4 Å². The van der Waals surface area contributed by atoms with Gasteiger partial charge in [-0.2, -0.15) is 5.10 Å². The number of rotatable bonds is 4. The van der Waals surface area contributed by atoms with Crippen LogP contribution in [0.1, 0.15) is 5.69 Å². The minimum Gasteiger partial charge on any atom is -0.395 e. The number of hydrogen-bond acceptors (Lipinski definition) is 3. The molecule has 1 rings (SSSR count). The van der Waals surface area contributed by atoms with Crippen LogP contribution in [0.5, 0.6) is 0 Å². The van der Waals surface area contributed by atoms with Gasteiger partial charge in [0.25, 0.3) is 0 Å². The van der Waals surface area contributed by atoms with Gasteiger partial charge in [0.2, 0.25) is 0 Å². The van der Waals surface area contributed by atoms with Crippen molar-refractivity contribution in [3.63, 3.8) is 0 Å². The Hall–Kier alpha value is -0.580. The largest absolute Gasteiger partial charge is 0.395 e. The van der Waals surface area contributed by atoms with E-state index >= 15 is 0 Å². The topological polar surface area (TPSA) is 50.1 Å². The molecule has 0 bridgehead atoms. The van der Waals surface area contributed by atoms with E-state index in [0.29, 0.717) is 11.6 Å². The minimum absolute atomic E-state index is 0.0235. The molecule has 74 valence electrons. The van der Waals surface area contributed by atoms with Crippen LogP contribution in [0.25, 0.3) is 0 Å². The number of nitrogens with zero attached hydrogens (tertiary/aromatic N) is 2. The Morgan fingerprint density at radius 1 is 1.77 bits per heavy atom. The first-order valence-corrected chi connectivity index (χ1v) is 4.53. The summed E-state index contributed by atoms with van der Waals surface area (Å²) in [6.45, 7) is 2.57. The fraction of sp³-hybridized carbons (Fsp3) is 0.625. The first-order chi connectivity index (χ1) is 6.17. The van der Waals surface area contributed by atoms with Gasteiger partial charge in [-0.1, -0.05) is 11.6 Å². The van der Waals surface area contributed by atoms with Crippen LogP contribution < -0.4 is 5.32 Å². The van der Waals surface area contributed by atoms with Gasteiger partial charge in [-0.3, -0.25) is 4.68 Å². The predicted octanol–water partition coefficient (Wildman–Crippen LogP) is 0.425. The molecule has 13 heavy (non-hydrogen) atoms. The van der Waals surface area contributed by atoms with Crippen molar-refractivity contribution in [2.24, 2.45) is 0 Å². The average Bonchev–Trinajstić information content (AvgIpc) is 2.42. The highest BCUT2D eigenvalue weighted by atomic mass is 35.5. The Balaban J connectivity index is 2.62. The maximum Gasteiger partial charge on any atom is 0.0814 e. The number of likely N-dealkylation sites (N-methyl/N-ethyl adjacent to an activating group) is 1. The summed E-state index contributed by atoms with van der Waals surface area (Å²) in [5.74, 6) is 0. The normalized spacial score (nSPS) is 13.2. The number of hydrogen-bond donors (Lipinski definition) is 2. The van der Waals surface area contributed by atoms with Crippen LogP contribution in [0.15, 0.2) is 6.20 Å². The molecule has 2 N–H and O–H groups in total. The van der Waals surface area contributed by atoms with Gasteiger partial charge in [0.15, 0.2) is 0 Å². The summed E-state index contributed by atoms with van der Waals surface area (Å²) >= 11 is 5.83. The van der Waals surface area contributed by atoms with Crippen molar-refractivity contribution < 1.29 is 5.11 Å². The van der Waals surface area contributed by atoms with E-state index in [-0.39, 0.29) is 12.6 Å². The lowest BCUT2D eigenvalue weighted by Crippen LogP contribution is -2.33. The highest BCUT2D eigenvalue weighted by Gasteiger charge is 2.07. The zero-order valence-corrected chi connectivity index (χ0v) is 8.54. The van der Waals surface area contributed by atoms with Crippen molar-refractivity contribution >= 4 is 11.6 Å².